The first-order valence-electron chi connectivity index (χ1n) is 12.5. The number of rotatable bonds is 8. The summed E-state index contributed by atoms with van der Waals surface area (Å²) in [5, 5.41) is 0. The predicted molar refractivity (Wildman–Crippen MR) is 140 cm³/mol. The van der Waals surface area contributed by atoms with Crippen LogP contribution in [0.4, 0.5) is 5.69 Å². The number of nitrogens with zero attached hydrogens (tertiary/aromatic N) is 3. The molecular weight excluding hydrogens is 454 g/mol. The van der Waals surface area contributed by atoms with Gasteiger partial charge in [0, 0.05) is 32.7 Å². The Morgan fingerprint density at radius 1 is 0.861 bits per heavy atom. The van der Waals surface area contributed by atoms with Crippen molar-refractivity contribution < 1.29 is 19.0 Å². The quantitative estimate of drug-likeness (QED) is 0.481. The number of ether oxygens (including phenoxy) is 3. The minimum Gasteiger partial charge on any atom is -0.497 e. The van der Waals surface area contributed by atoms with Crippen molar-refractivity contribution in [2.24, 2.45) is 0 Å². The van der Waals surface area contributed by atoms with E-state index in [1.807, 2.05) is 71.6 Å². The van der Waals surface area contributed by atoms with Crippen molar-refractivity contribution in [2.75, 3.05) is 64.5 Å². The van der Waals surface area contributed by atoms with Gasteiger partial charge in [-0.15, -0.1) is 0 Å². The molecule has 0 saturated carbocycles. The number of benzene rings is 3. The molecule has 188 valence electrons. The zero-order chi connectivity index (χ0) is 24.7. The number of anilines is 1. The molecule has 2 heterocycles. The number of methoxy groups -OCH3 is 1. The molecule has 0 aromatic heterocycles. The third-order valence-electron chi connectivity index (χ3n) is 6.85. The molecule has 0 spiro atoms. The topological polar surface area (TPSA) is 54.5 Å². The van der Waals surface area contributed by atoms with Crippen LogP contribution in [-0.4, -0.2) is 75.3 Å². The first kappa shape index (κ1) is 24.2. The van der Waals surface area contributed by atoms with Crippen LogP contribution >= 0.6 is 0 Å². The van der Waals surface area contributed by atoms with Gasteiger partial charge in [0.2, 0.25) is 5.91 Å². The Morgan fingerprint density at radius 3 is 2.28 bits per heavy atom. The van der Waals surface area contributed by atoms with Crippen molar-refractivity contribution >= 4 is 11.6 Å². The van der Waals surface area contributed by atoms with Crippen molar-refractivity contribution in [1.29, 1.82) is 0 Å². The van der Waals surface area contributed by atoms with Crippen LogP contribution in [0.1, 0.15) is 11.6 Å². The lowest BCUT2D eigenvalue weighted by molar-refractivity contribution is -0.121. The van der Waals surface area contributed by atoms with Crippen molar-refractivity contribution in [3.63, 3.8) is 0 Å². The maximum Gasteiger partial charge on any atom is 0.241 e. The Balaban J connectivity index is 1.15. The number of hydrogen-bond donors (Lipinski definition) is 0. The van der Waals surface area contributed by atoms with Crippen molar-refractivity contribution in [1.82, 2.24) is 9.80 Å². The van der Waals surface area contributed by atoms with E-state index in [1.54, 1.807) is 7.11 Å². The summed E-state index contributed by atoms with van der Waals surface area (Å²) in [6.07, 6.45) is 0. The van der Waals surface area contributed by atoms with E-state index in [0.717, 1.165) is 61.2 Å². The number of fused-ring (bicyclic) bond motifs is 1. The van der Waals surface area contributed by atoms with Crippen molar-refractivity contribution in [3.8, 4) is 17.2 Å². The van der Waals surface area contributed by atoms with Gasteiger partial charge >= 0.3 is 0 Å². The third-order valence-corrected chi connectivity index (χ3v) is 6.85. The Hall–Kier alpha value is -3.55. The van der Waals surface area contributed by atoms with Crippen LogP contribution in [0.15, 0.2) is 78.9 Å². The fourth-order valence-electron chi connectivity index (χ4n) is 4.82. The summed E-state index contributed by atoms with van der Waals surface area (Å²) >= 11 is 0. The third kappa shape index (κ3) is 5.64. The maximum absolute atomic E-state index is 13.7. The first-order valence-corrected chi connectivity index (χ1v) is 12.5. The van der Waals surface area contributed by atoms with E-state index in [-0.39, 0.29) is 11.9 Å². The summed E-state index contributed by atoms with van der Waals surface area (Å²) in [4.78, 5) is 20.2. The Kier molecular flexibility index (Phi) is 7.69. The molecule has 2 aliphatic rings. The molecule has 1 unspecified atom stereocenters. The zero-order valence-electron chi connectivity index (χ0n) is 20.7. The molecule has 0 radical (unpaired) electrons. The summed E-state index contributed by atoms with van der Waals surface area (Å²) < 4.78 is 17.1. The Labute approximate surface area is 212 Å². The van der Waals surface area contributed by atoms with Gasteiger partial charge in [-0.2, -0.15) is 0 Å². The van der Waals surface area contributed by atoms with E-state index >= 15 is 0 Å². The molecule has 3 aromatic carbocycles. The van der Waals surface area contributed by atoms with Gasteiger partial charge in [0.05, 0.1) is 25.4 Å². The normalized spacial score (nSPS) is 18.2. The van der Waals surface area contributed by atoms with Crippen molar-refractivity contribution in [3.05, 3.63) is 84.4 Å². The maximum atomic E-state index is 13.7. The highest BCUT2D eigenvalue weighted by Gasteiger charge is 2.34. The van der Waals surface area contributed by atoms with E-state index in [1.165, 1.54) is 0 Å². The van der Waals surface area contributed by atoms with Gasteiger partial charge in [0.1, 0.15) is 30.5 Å². The number of hydrogen-bond acceptors (Lipinski definition) is 6. The first-order chi connectivity index (χ1) is 17.7. The van der Waals surface area contributed by atoms with Gasteiger partial charge in [-0.05, 0) is 42.0 Å². The molecular formula is C29H33N3O4. The summed E-state index contributed by atoms with van der Waals surface area (Å²) in [6, 6.07) is 25.5. The molecule has 2 aliphatic heterocycles. The molecule has 1 atom stereocenters. The highest BCUT2D eigenvalue weighted by Crippen LogP contribution is 2.39. The SMILES string of the molecule is COc1ccc(OCCN2CCN(CC(=O)N3c4ccccc4OCC3c3ccccc3)CC2)cc1. The largest absolute Gasteiger partial charge is 0.497 e. The average Bonchev–Trinajstić information content (AvgIpc) is 2.94. The predicted octanol–water partition coefficient (Wildman–Crippen LogP) is 3.86. The molecule has 0 bridgehead atoms. The second-order valence-electron chi connectivity index (χ2n) is 9.11. The van der Waals surface area contributed by atoms with E-state index < -0.39 is 0 Å². The molecule has 36 heavy (non-hydrogen) atoms. The molecule has 3 aromatic rings. The van der Waals surface area contributed by atoms with E-state index in [9.17, 15) is 4.79 Å². The minimum absolute atomic E-state index is 0.107. The molecule has 0 aliphatic carbocycles. The van der Waals surface area contributed by atoms with E-state index in [0.29, 0.717) is 19.8 Å². The van der Waals surface area contributed by atoms with Crippen LogP contribution in [-0.2, 0) is 4.79 Å². The molecule has 1 amide bonds. The van der Waals surface area contributed by atoms with Gasteiger partial charge < -0.3 is 14.2 Å². The second-order valence-corrected chi connectivity index (χ2v) is 9.11. The van der Waals surface area contributed by atoms with Gasteiger partial charge in [-0.25, -0.2) is 0 Å². The summed E-state index contributed by atoms with van der Waals surface area (Å²) in [5.41, 5.74) is 1.93. The van der Waals surface area contributed by atoms with Gasteiger partial charge in [-0.3, -0.25) is 19.5 Å². The number of piperazine rings is 1. The molecule has 5 rings (SSSR count). The zero-order valence-corrected chi connectivity index (χ0v) is 20.7. The number of carbonyl (C=O) groups is 1. The number of para-hydroxylation sites is 2. The monoisotopic (exact) mass is 487 g/mol. The summed E-state index contributed by atoms with van der Waals surface area (Å²) in [5.74, 6) is 2.54. The fraction of sp³-hybridized carbons (Fsp3) is 0.345. The highest BCUT2D eigenvalue weighted by molar-refractivity contribution is 5.97. The molecule has 7 heteroatoms. The standard InChI is InChI=1S/C29H33N3O4/c1-34-24-11-13-25(14-12-24)35-20-19-30-15-17-31(18-16-30)21-29(33)32-26-9-5-6-10-28(26)36-22-27(32)23-7-3-2-4-8-23/h2-14,27H,15-22H2,1H3. The van der Waals surface area contributed by atoms with Crippen LogP contribution in [0.3, 0.4) is 0 Å². The summed E-state index contributed by atoms with van der Waals surface area (Å²) in [6.45, 7) is 5.90. The summed E-state index contributed by atoms with van der Waals surface area (Å²) in [7, 11) is 1.66. The van der Waals surface area contributed by atoms with Crippen LogP contribution in [0, 0.1) is 0 Å². The Morgan fingerprint density at radius 2 is 1.53 bits per heavy atom. The molecule has 1 fully saturated rings. The van der Waals surface area contributed by atoms with Gasteiger partial charge in [0.15, 0.2) is 0 Å². The lowest BCUT2D eigenvalue weighted by Crippen LogP contribution is -2.52. The van der Waals surface area contributed by atoms with Crippen LogP contribution in [0.5, 0.6) is 17.2 Å². The van der Waals surface area contributed by atoms with E-state index in [4.69, 9.17) is 14.2 Å². The van der Waals surface area contributed by atoms with E-state index in [2.05, 4.69) is 21.9 Å². The lowest BCUT2D eigenvalue weighted by atomic mass is 10.0. The van der Waals surface area contributed by atoms with Gasteiger partial charge in [-0.1, -0.05) is 42.5 Å². The van der Waals surface area contributed by atoms with Crippen molar-refractivity contribution in [2.45, 2.75) is 6.04 Å². The van der Waals surface area contributed by atoms with Gasteiger partial charge in [0.25, 0.3) is 0 Å². The molecule has 1 saturated heterocycles. The number of amides is 1. The lowest BCUT2D eigenvalue weighted by Gasteiger charge is -2.39. The average molecular weight is 488 g/mol. The minimum atomic E-state index is -0.134. The van der Waals surface area contributed by atoms with Crippen LogP contribution in [0.2, 0.25) is 0 Å². The molecule has 0 N–H and O–H groups in total. The molecule has 7 nitrogen and oxygen atoms in total. The smallest absolute Gasteiger partial charge is 0.241 e. The van der Waals surface area contributed by atoms with Crippen LogP contribution < -0.4 is 19.1 Å². The fourth-order valence-corrected chi connectivity index (χ4v) is 4.82. The Bertz CT molecular complexity index is 1130. The second kappa shape index (κ2) is 11.5. The van der Waals surface area contributed by atoms with Crippen LogP contribution in [0.25, 0.3) is 0 Å². The number of carbonyl (C=O) groups excluding carboxylic acids is 1. The highest BCUT2D eigenvalue weighted by atomic mass is 16.5.